The van der Waals surface area contributed by atoms with Gasteiger partial charge in [-0.25, -0.2) is 0 Å². The maximum atomic E-state index is 12.8. The van der Waals surface area contributed by atoms with E-state index in [0.29, 0.717) is 22.6 Å². The van der Waals surface area contributed by atoms with Crippen molar-refractivity contribution in [3.8, 4) is 5.75 Å². The minimum Gasteiger partial charge on any atom is -0.426 e. The predicted molar refractivity (Wildman–Crippen MR) is 82.8 cm³/mol. The Kier molecular flexibility index (Phi) is 3.07. The van der Waals surface area contributed by atoms with Crippen LogP contribution in [-0.2, 0) is 4.79 Å². The summed E-state index contributed by atoms with van der Waals surface area (Å²) in [6.07, 6.45) is 6.06. The summed E-state index contributed by atoms with van der Waals surface area (Å²) in [4.78, 5) is 12.6. The lowest BCUT2D eigenvalue weighted by atomic mass is 9.49. The largest absolute Gasteiger partial charge is 0.426 e. The molecule has 0 amide bonds. The van der Waals surface area contributed by atoms with Gasteiger partial charge in [0.2, 0.25) is 0 Å². The van der Waals surface area contributed by atoms with Crippen LogP contribution in [0.2, 0.25) is 5.02 Å². The fourth-order valence-corrected chi connectivity index (χ4v) is 5.93. The van der Waals surface area contributed by atoms with Crippen LogP contribution in [0, 0.1) is 17.3 Å². The first-order valence-corrected chi connectivity index (χ1v) is 8.39. The first-order chi connectivity index (χ1) is 9.96. The molecule has 0 N–H and O–H groups in total. The van der Waals surface area contributed by atoms with Crippen LogP contribution in [-0.4, -0.2) is 10.8 Å². The zero-order valence-corrected chi connectivity index (χ0v) is 13.3. The smallest absolute Gasteiger partial charge is 0.317 e. The number of ether oxygens (including phenoxy) is 1. The second-order valence-electron chi connectivity index (χ2n) is 7.24. The van der Waals surface area contributed by atoms with Crippen molar-refractivity contribution in [3.05, 3.63) is 29.3 Å². The molecule has 0 heterocycles. The normalized spacial score (nSPS) is 40.3. The quantitative estimate of drug-likeness (QED) is 0.442. The van der Waals surface area contributed by atoms with Gasteiger partial charge < -0.3 is 4.74 Å². The van der Waals surface area contributed by atoms with Gasteiger partial charge in [-0.3, -0.25) is 4.79 Å². The fourth-order valence-electron chi connectivity index (χ4n) is 5.11. The van der Waals surface area contributed by atoms with Crippen LogP contribution in [0.3, 0.4) is 0 Å². The monoisotopic (exact) mass is 324 g/mol. The first kappa shape index (κ1) is 13.9. The predicted octanol–water partition coefficient (Wildman–Crippen LogP) is 4.82. The average Bonchev–Trinajstić information content (AvgIpc) is 2.38. The van der Waals surface area contributed by atoms with Crippen molar-refractivity contribution in [2.75, 3.05) is 0 Å². The van der Waals surface area contributed by atoms with Gasteiger partial charge in [-0.05, 0) is 74.6 Å². The van der Waals surface area contributed by atoms with E-state index in [2.05, 4.69) is 0 Å². The van der Waals surface area contributed by atoms with Crippen LogP contribution in [0.4, 0.5) is 0 Å². The average molecular weight is 325 g/mol. The molecular weight excluding hydrogens is 307 g/mol. The molecule has 4 aliphatic rings. The molecule has 21 heavy (non-hydrogen) atoms. The standard InChI is InChI=1S/C17H18Cl2O2/c18-13-1-3-14(4-2-13)21-15(20)16-6-11-5-12(7-16)9-17(19,8-11)10-16/h1-4,11-12H,5-10H2. The summed E-state index contributed by atoms with van der Waals surface area (Å²) >= 11 is 12.6. The molecule has 0 radical (unpaired) electrons. The lowest BCUT2D eigenvalue weighted by Crippen LogP contribution is -2.56. The highest BCUT2D eigenvalue weighted by molar-refractivity contribution is 6.30. The summed E-state index contributed by atoms with van der Waals surface area (Å²) in [6.45, 7) is 0. The van der Waals surface area contributed by atoms with Crippen LogP contribution < -0.4 is 4.74 Å². The molecule has 4 aliphatic carbocycles. The minimum atomic E-state index is -0.356. The van der Waals surface area contributed by atoms with Crippen molar-refractivity contribution in [2.24, 2.45) is 17.3 Å². The van der Waals surface area contributed by atoms with Crippen LogP contribution >= 0.6 is 23.2 Å². The summed E-state index contributed by atoms with van der Waals surface area (Å²) < 4.78 is 5.64. The zero-order valence-electron chi connectivity index (χ0n) is 11.8. The highest BCUT2D eigenvalue weighted by atomic mass is 35.5. The summed E-state index contributed by atoms with van der Waals surface area (Å²) in [7, 11) is 0. The van der Waals surface area contributed by atoms with E-state index in [9.17, 15) is 4.79 Å². The maximum Gasteiger partial charge on any atom is 0.317 e. The number of esters is 1. The maximum absolute atomic E-state index is 12.8. The molecule has 0 saturated heterocycles. The number of hydrogen-bond donors (Lipinski definition) is 0. The Morgan fingerprint density at radius 2 is 1.71 bits per heavy atom. The van der Waals surface area contributed by atoms with Crippen molar-refractivity contribution in [1.82, 2.24) is 0 Å². The van der Waals surface area contributed by atoms with Gasteiger partial charge >= 0.3 is 5.97 Å². The summed E-state index contributed by atoms with van der Waals surface area (Å²) in [6, 6.07) is 6.98. The van der Waals surface area contributed by atoms with Gasteiger partial charge in [0.25, 0.3) is 0 Å². The van der Waals surface area contributed by atoms with Gasteiger partial charge in [0, 0.05) is 9.90 Å². The molecule has 1 aromatic carbocycles. The Bertz CT molecular complexity index is 567. The van der Waals surface area contributed by atoms with Crippen molar-refractivity contribution >= 4 is 29.2 Å². The molecule has 0 aromatic heterocycles. The third kappa shape index (κ3) is 2.37. The Morgan fingerprint density at radius 1 is 1.10 bits per heavy atom. The number of alkyl halides is 1. The molecule has 4 saturated carbocycles. The number of benzene rings is 1. The van der Waals surface area contributed by atoms with Gasteiger partial charge in [0.1, 0.15) is 5.75 Å². The number of rotatable bonds is 2. The van der Waals surface area contributed by atoms with E-state index < -0.39 is 0 Å². The number of halogens is 2. The van der Waals surface area contributed by atoms with Crippen LogP contribution in [0.25, 0.3) is 0 Å². The highest BCUT2D eigenvalue weighted by Gasteiger charge is 2.60. The van der Waals surface area contributed by atoms with E-state index in [1.807, 2.05) is 0 Å². The second-order valence-corrected chi connectivity index (χ2v) is 8.47. The highest BCUT2D eigenvalue weighted by Crippen LogP contribution is 2.64. The van der Waals surface area contributed by atoms with Crippen LogP contribution in [0.15, 0.2) is 24.3 Å². The van der Waals surface area contributed by atoms with Gasteiger partial charge in [-0.2, -0.15) is 0 Å². The minimum absolute atomic E-state index is 0.0936. The number of carbonyl (C=O) groups excluding carboxylic acids is 1. The summed E-state index contributed by atoms with van der Waals surface area (Å²) in [5, 5.41) is 0.643. The van der Waals surface area contributed by atoms with Crippen LogP contribution in [0.5, 0.6) is 5.75 Å². The van der Waals surface area contributed by atoms with E-state index in [1.54, 1.807) is 24.3 Å². The SMILES string of the molecule is O=C(Oc1ccc(Cl)cc1)C12CC3CC(CC(Cl)(C3)C1)C2. The molecule has 112 valence electrons. The van der Waals surface area contributed by atoms with Gasteiger partial charge in [0.05, 0.1) is 5.41 Å². The fraction of sp³-hybridized carbons (Fsp3) is 0.588. The molecule has 0 aliphatic heterocycles. The Labute approximate surface area is 134 Å². The third-order valence-corrected chi connectivity index (χ3v) is 6.14. The Morgan fingerprint density at radius 3 is 2.29 bits per heavy atom. The van der Waals surface area contributed by atoms with Gasteiger partial charge in [-0.15, -0.1) is 11.6 Å². The lowest BCUT2D eigenvalue weighted by molar-refractivity contribution is -0.159. The van der Waals surface area contributed by atoms with Gasteiger partial charge in [0.15, 0.2) is 0 Å². The molecule has 0 spiro atoms. The molecule has 2 unspecified atom stereocenters. The molecule has 5 rings (SSSR count). The van der Waals surface area contributed by atoms with E-state index in [-0.39, 0.29) is 16.3 Å². The Balaban J connectivity index is 1.57. The lowest BCUT2D eigenvalue weighted by Gasteiger charge is -2.58. The number of carbonyl (C=O) groups is 1. The van der Waals surface area contributed by atoms with E-state index >= 15 is 0 Å². The zero-order chi connectivity index (χ0) is 14.7. The molecule has 1 aromatic rings. The van der Waals surface area contributed by atoms with E-state index in [0.717, 1.165) is 32.1 Å². The van der Waals surface area contributed by atoms with Crippen molar-refractivity contribution in [2.45, 2.75) is 43.4 Å². The van der Waals surface area contributed by atoms with E-state index in [4.69, 9.17) is 27.9 Å². The van der Waals surface area contributed by atoms with Crippen molar-refractivity contribution in [1.29, 1.82) is 0 Å². The molecule has 2 atom stereocenters. The summed E-state index contributed by atoms with van der Waals surface area (Å²) in [5.74, 6) is 1.68. The van der Waals surface area contributed by atoms with Crippen LogP contribution in [0.1, 0.15) is 38.5 Å². The number of hydrogen-bond acceptors (Lipinski definition) is 2. The summed E-state index contributed by atoms with van der Waals surface area (Å²) in [5.41, 5.74) is -0.356. The molecule has 2 nitrogen and oxygen atoms in total. The molecule has 4 bridgehead atoms. The third-order valence-electron chi connectivity index (χ3n) is 5.45. The molecule has 4 heteroatoms. The van der Waals surface area contributed by atoms with Crippen molar-refractivity contribution in [3.63, 3.8) is 0 Å². The molecular formula is C17H18Cl2O2. The topological polar surface area (TPSA) is 26.3 Å². The van der Waals surface area contributed by atoms with E-state index in [1.165, 1.54) is 6.42 Å². The van der Waals surface area contributed by atoms with Crippen molar-refractivity contribution < 1.29 is 9.53 Å². The Hall–Kier alpha value is -0.730. The van der Waals surface area contributed by atoms with Gasteiger partial charge in [-0.1, -0.05) is 11.6 Å². The molecule has 4 fully saturated rings. The second kappa shape index (κ2) is 4.63. The first-order valence-electron chi connectivity index (χ1n) is 7.63.